The Morgan fingerprint density at radius 2 is 1.74 bits per heavy atom. The summed E-state index contributed by atoms with van der Waals surface area (Å²) < 4.78 is 5.61. The molecular formula is C19H24N2O2. The van der Waals surface area contributed by atoms with Crippen molar-refractivity contribution in [2.75, 3.05) is 11.9 Å². The van der Waals surface area contributed by atoms with Gasteiger partial charge in [-0.15, -0.1) is 0 Å². The van der Waals surface area contributed by atoms with E-state index in [1.807, 2.05) is 36.4 Å². The van der Waals surface area contributed by atoms with Gasteiger partial charge in [-0.1, -0.05) is 38.1 Å². The molecule has 0 fully saturated rings. The molecule has 0 heterocycles. The van der Waals surface area contributed by atoms with Gasteiger partial charge in [0.25, 0.3) is 0 Å². The first-order valence-corrected chi connectivity index (χ1v) is 7.90. The number of rotatable bonds is 7. The van der Waals surface area contributed by atoms with Crippen LogP contribution < -0.4 is 15.8 Å². The average molecular weight is 312 g/mol. The van der Waals surface area contributed by atoms with Crippen molar-refractivity contribution in [1.82, 2.24) is 0 Å². The van der Waals surface area contributed by atoms with Crippen LogP contribution in [-0.4, -0.2) is 12.5 Å². The number of ether oxygens (including phenoxy) is 1. The molecule has 0 spiro atoms. The van der Waals surface area contributed by atoms with Crippen LogP contribution in [0, 0.1) is 0 Å². The van der Waals surface area contributed by atoms with Crippen molar-refractivity contribution in [2.45, 2.75) is 32.7 Å². The smallest absolute Gasteiger partial charge is 0.227 e. The Labute approximate surface area is 137 Å². The first kappa shape index (κ1) is 17.0. The Bertz CT molecular complexity index is 619. The Morgan fingerprint density at radius 3 is 2.30 bits per heavy atom. The van der Waals surface area contributed by atoms with Crippen LogP contribution in [0.4, 0.5) is 5.69 Å². The molecule has 0 atom stereocenters. The molecule has 4 nitrogen and oxygen atoms in total. The van der Waals surface area contributed by atoms with Crippen molar-refractivity contribution in [1.29, 1.82) is 0 Å². The average Bonchev–Trinajstić information content (AvgIpc) is 2.56. The van der Waals surface area contributed by atoms with Gasteiger partial charge in [0.2, 0.25) is 5.91 Å². The van der Waals surface area contributed by atoms with Crippen molar-refractivity contribution >= 4 is 11.6 Å². The maximum absolute atomic E-state index is 11.9. The van der Waals surface area contributed by atoms with Crippen molar-refractivity contribution in [3.63, 3.8) is 0 Å². The number of amides is 1. The van der Waals surface area contributed by atoms with Crippen molar-refractivity contribution in [2.24, 2.45) is 5.73 Å². The maximum Gasteiger partial charge on any atom is 0.227 e. The van der Waals surface area contributed by atoms with Gasteiger partial charge in [0.15, 0.2) is 0 Å². The first-order chi connectivity index (χ1) is 11.1. The predicted molar refractivity (Wildman–Crippen MR) is 93.6 cm³/mol. The summed E-state index contributed by atoms with van der Waals surface area (Å²) in [4.78, 5) is 11.9. The summed E-state index contributed by atoms with van der Waals surface area (Å²) in [5.41, 5.74) is 8.63. The van der Waals surface area contributed by atoms with Gasteiger partial charge in [-0.05, 0) is 41.3 Å². The minimum absolute atomic E-state index is 0.0655. The third-order valence-electron chi connectivity index (χ3n) is 3.62. The van der Waals surface area contributed by atoms with Crippen molar-refractivity contribution in [3.8, 4) is 5.75 Å². The zero-order chi connectivity index (χ0) is 16.7. The number of hydrogen-bond acceptors (Lipinski definition) is 3. The second-order valence-electron chi connectivity index (χ2n) is 5.77. The van der Waals surface area contributed by atoms with Crippen LogP contribution in [0.1, 0.15) is 37.3 Å². The van der Waals surface area contributed by atoms with Gasteiger partial charge in [-0.3, -0.25) is 4.79 Å². The van der Waals surface area contributed by atoms with Crippen LogP contribution in [0.5, 0.6) is 5.75 Å². The highest BCUT2D eigenvalue weighted by molar-refractivity contribution is 5.90. The molecule has 0 saturated heterocycles. The molecule has 122 valence electrons. The number of anilines is 1. The van der Waals surface area contributed by atoms with E-state index in [1.54, 1.807) is 0 Å². The third-order valence-corrected chi connectivity index (χ3v) is 3.62. The Morgan fingerprint density at radius 1 is 1.09 bits per heavy atom. The molecule has 3 N–H and O–H groups in total. The fourth-order valence-corrected chi connectivity index (χ4v) is 2.16. The molecule has 2 aromatic rings. The van der Waals surface area contributed by atoms with Crippen molar-refractivity contribution < 1.29 is 9.53 Å². The van der Waals surface area contributed by atoms with E-state index in [0.29, 0.717) is 25.5 Å². The summed E-state index contributed by atoms with van der Waals surface area (Å²) in [5, 5.41) is 2.84. The summed E-state index contributed by atoms with van der Waals surface area (Å²) >= 11 is 0. The molecule has 0 aliphatic carbocycles. The maximum atomic E-state index is 11.9. The molecule has 0 radical (unpaired) electrons. The summed E-state index contributed by atoms with van der Waals surface area (Å²) in [6.45, 7) is 5.16. The first-order valence-electron chi connectivity index (χ1n) is 7.90. The lowest BCUT2D eigenvalue weighted by molar-refractivity contribution is -0.116. The molecule has 0 saturated carbocycles. The number of hydrogen-bond donors (Lipinski definition) is 2. The molecule has 0 aliphatic heterocycles. The Kier molecular flexibility index (Phi) is 6.18. The largest absolute Gasteiger partial charge is 0.493 e. The fraction of sp³-hybridized carbons (Fsp3) is 0.316. The van der Waals surface area contributed by atoms with Gasteiger partial charge in [-0.25, -0.2) is 0 Å². The summed E-state index contributed by atoms with van der Waals surface area (Å²) in [7, 11) is 0. The zero-order valence-corrected chi connectivity index (χ0v) is 13.7. The van der Waals surface area contributed by atoms with Crippen LogP contribution >= 0.6 is 0 Å². The standard InChI is InChI=1S/C19H24N2O2/c1-14(2)16-5-9-18(10-6-16)23-12-11-19(22)21-17-7-3-15(13-20)4-8-17/h3-10,14H,11-13,20H2,1-2H3,(H,21,22). The normalized spacial score (nSPS) is 10.6. The summed E-state index contributed by atoms with van der Waals surface area (Å²) in [6, 6.07) is 15.5. The van der Waals surface area contributed by atoms with Crippen LogP contribution in [0.2, 0.25) is 0 Å². The molecule has 2 aromatic carbocycles. The Hall–Kier alpha value is -2.33. The van der Waals surface area contributed by atoms with Crippen LogP contribution in [0.3, 0.4) is 0 Å². The number of nitrogens with one attached hydrogen (secondary N) is 1. The highest BCUT2D eigenvalue weighted by Gasteiger charge is 2.04. The highest BCUT2D eigenvalue weighted by Crippen LogP contribution is 2.18. The van der Waals surface area contributed by atoms with Gasteiger partial charge >= 0.3 is 0 Å². The van der Waals surface area contributed by atoms with Gasteiger partial charge in [0.05, 0.1) is 13.0 Å². The van der Waals surface area contributed by atoms with Crippen molar-refractivity contribution in [3.05, 3.63) is 59.7 Å². The molecule has 1 amide bonds. The number of carbonyl (C=O) groups excluding carboxylic acids is 1. The summed E-state index contributed by atoms with van der Waals surface area (Å²) in [5.74, 6) is 1.22. The lowest BCUT2D eigenvalue weighted by Crippen LogP contribution is -2.15. The van der Waals surface area contributed by atoms with Crippen LogP contribution in [0.25, 0.3) is 0 Å². The number of nitrogens with two attached hydrogens (primary N) is 1. The second-order valence-corrected chi connectivity index (χ2v) is 5.77. The van der Waals surface area contributed by atoms with Gasteiger partial charge < -0.3 is 15.8 Å². The van der Waals surface area contributed by atoms with E-state index >= 15 is 0 Å². The molecule has 0 bridgehead atoms. The minimum Gasteiger partial charge on any atom is -0.493 e. The van der Waals surface area contributed by atoms with Gasteiger partial charge in [0.1, 0.15) is 5.75 Å². The molecule has 0 aliphatic rings. The van der Waals surface area contributed by atoms with Crippen LogP contribution in [-0.2, 0) is 11.3 Å². The highest BCUT2D eigenvalue weighted by atomic mass is 16.5. The van der Waals surface area contributed by atoms with E-state index in [1.165, 1.54) is 5.56 Å². The molecule has 0 aromatic heterocycles. The minimum atomic E-state index is -0.0655. The summed E-state index contributed by atoms with van der Waals surface area (Å²) in [6.07, 6.45) is 0.310. The predicted octanol–water partition coefficient (Wildman–Crippen LogP) is 3.68. The molecular weight excluding hydrogens is 288 g/mol. The Balaban J connectivity index is 1.75. The fourth-order valence-electron chi connectivity index (χ4n) is 2.16. The molecule has 2 rings (SSSR count). The van der Waals surface area contributed by atoms with E-state index < -0.39 is 0 Å². The topological polar surface area (TPSA) is 64.3 Å². The third kappa shape index (κ3) is 5.42. The second kappa shape index (κ2) is 8.34. The number of benzene rings is 2. The number of carbonyl (C=O) groups is 1. The van der Waals surface area contributed by atoms with E-state index in [-0.39, 0.29) is 5.91 Å². The van der Waals surface area contributed by atoms with Gasteiger partial charge in [-0.2, -0.15) is 0 Å². The molecule has 4 heteroatoms. The SMILES string of the molecule is CC(C)c1ccc(OCCC(=O)Nc2ccc(CN)cc2)cc1. The van der Waals surface area contributed by atoms with Crippen LogP contribution in [0.15, 0.2) is 48.5 Å². The molecule has 0 unspecified atom stereocenters. The lowest BCUT2D eigenvalue weighted by Gasteiger charge is -2.09. The van der Waals surface area contributed by atoms with Gasteiger partial charge in [0, 0.05) is 12.2 Å². The monoisotopic (exact) mass is 312 g/mol. The zero-order valence-electron chi connectivity index (χ0n) is 13.7. The van der Waals surface area contributed by atoms with E-state index in [4.69, 9.17) is 10.5 Å². The molecule has 23 heavy (non-hydrogen) atoms. The quantitative estimate of drug-likeness (QED) is 0.819. The van der Waals surface area contributed by atoms with E-state index in [0.717, 1.165) is 17.0 Å². The van der Waals surface area contributed by atoms with E-state index in [9.17, 15) is 4.79 Å². The lowest BCUT2D eigenvalue weighted by atomic mass is 10.0. The van der Waals surface area contributed by atoms with E-state index in [2.05, 4.69) is 31.3 Å².